The minimum Gasteiger partial charge on any atom is -0.472 e. The third-order valence-electron chi connectivity index (χ3n) is 4.15. The largest absolute Gasteiger partial charge is 0.573 e. The van der Waals surface area contributed by atoms with E-state index in [1.54, 1.807) is 11.1 Å². The van der Waals surface area contributed by atoms with E-state index in [4.69, 9.17) is 4.74 Å². The van der Waals surface area contributed by atoms with Gasteiger partial charge in [0.1, 0.15) is 11.9 Å². The van der Waals surface area contributed by atoms with Crippen molar-refractivity contribution in [3.05, 3.63) is 36.7 Å². The van der Waals surface area contributed by atoms with Crippen LogP contribution in [0, 0.1) is 0 Å². The van der Waals surface area contributed by atoms with E-state index in [1.807, 2.05) is 14.1 Å². The fraction of sp³-hybridized carbons (Fsp3) is 0.412. The monoisotopic (exact) mass is 432 g/mol. The second kappa shape index (κ2) is 8.03. The molecular formula is C17H19F3N4O4S. The summed E-state index contributed by atoms with van der Waals surface area (Å²) < 4.78 is 72.9. The van der Waals surface area contributed by atoms with Gasteiger partial charge >= 0.3 is 6.36 Å². The van der Waals surface area contributed by atoms with E-state index in [0.29, 0.717) is 12.2 Å². The molecule has 1 aliphatic rings. The van der Waals surface area contributed by atoms with Crippen molar-refractivity contribution >= 4 is 15.8 Å². The van der Waals surface area contributed by atoms with Gasteiger partial charge in [-0.05, 0) is 30.7 Å². The molecule has 1 aromatic carbocycles. The number of anilines is 1. The minimum absolute atomic E-state index is 0.0943. The van der Waals surface area contributed by atoms with Gasteiger partial charge in [0.15, 0.2) is 5.82 Å². The maximum Gasteiger partial charge on any atom is 0.573 e. The fourth-order valence-corrected chi connectivity index (χ4v) is 4.24. The summed E-state index contributed by atoms with van der Waals surface area (Å²) in [4.78, 5) is 9.97. The van der Waals surface area contributed by atoms with E-state index >= 15 is 0 Å². The molecule has 1 atom stereocenters. The van der Waals surface area contributed by atoms with E-state index in [-0.39, 0.29) is 23.9 Å². The summed E-state index contributed by atoms with van der Waals surface area (Å²) in [6.45, 7) is 0.311. The number of rotatable bonds is 6. The molecule has 2 aromatic rings. The van der Waals surface area contributed by atoms with Crippen LogP contribution in [0.1, 0.15) is 6.42 Å². The Bertz CT molecular complexity index is 952. The lowest BCUT2D eigenvalue weighted by Crippen LogP contribution is -2.31. The molecule has 12 heteroatoms. The summed E-state index contributed by atoms with van der Waals surface area (Å²) in [6, 6.07) is 4.09. The smallest absolute Gasteiger partial charge is 0.472 e. The molecule has 3 rings (SSSR count). The van der Waals surface area contributed by atoms with Crippen LogP contribution in [0.2, 0.25) is 0 Å². The van der Waals surface area contributed by atoms with E-state index in [2.05, 4.69) is 14.7 Å². The van der Waals surface area contributed by atoms with Gasteiger partial charge in [-0.15, -0.1) is 13.2 Å². The zero-order valence-electron chi connectivity index (χ0n) is 15.6. The number of sulfonamides is 1. The van der Waals surface area contributed by atoms with Crippen molar-refractivity contribution in [1.29, 1.82) is 0 Å². The number of alkyl halides is 3. The van der Waals surface area contributed by atoms with Crippen LogP contribution >= 0.6 is 0 Å². The zero-order valence-corrected chi connectivity index (χ0v) is 16.4. The molecule has 0 bridgehead atoms. The Kier molecular flexibility index (Phi) is 5.85. The molecule has 1 aliphatic heterocycles. The highest BCUT2D eigenvalue weighted by Gasteiger charge is 2.35. The number of aromatic nitrogens is 2. The van der Waals surface area contributed by atoms with Crippen molar-refractivity contribution in [3.63, 3.8) is 0 Å². The standard InChI is InChI=1S/C17H19F3N4O4S/c1-23(2)15-9-21-10-16(22-15)27-13-7-8-24(11-13)29(25,26)14-5-3-12(4-6-14)28-17(18,19)20/h3-6,9-10,13H,7-8,11H2,1-2H3. The first-order valence-corrected chi connectivity index (χ1v) is 10.0. The van der Waals surface area contributed by atoms with Crippen LogP contribution in [0.4, 0.5) is 19.0 Å². The van der Waals surface area contributed by atoms with Crippen molar-refractivity contribution in [2.45, 2.75) is 23.8 Å². The summed E-state index contributed by atoms with van der Waals surface area (Å²) in [5.74, 6) is 0.402. The average molecular weight is 432 g/mol. The van der Waals surface area contributed by atoms with Crippen LogP contribution in [0.15, 0.2) is 41.6 Å². The van der Waals surface area contributed by atoms with Gasteiger partial charge in [0, 0.05) is 20.6 Å². The van der Waals surface area contributed by atoms with E-state index in [0.717, 1.165) is 24.3 Å². The van der Waals surface area contributed by atoms with Crippen molar-refractivity contribution in [3.8, 4) is 11.6 Å². The van der Waals surface area contributed by atoms with Gasteiger partial charge in [0.25, 0.3) is 0 Å². The topological polar surface area (TPSA) is 84.9 Å². The Balaban J connectivity index is 1.66. The van der Waals surface area contributed by atoms with Crippen LogP contribution in [0.25, 0.3) is 0 Å². The molecule has 158 valence electrons. The first-order chi connectivity index (χ1) is 13.5. The minimum atomic E-state index is -4.84. The van der Waals surface area contributed by atoms with Crippen LogP contribution in [0.3, 0.4) is 0 Å². The normalized spacial score (nSPS) is 17.9. The average Bonchev–Trinajstić information content (AvgIpc) is 3.10. The first kappa shape index (κ1) is 21.1. The van der Waals surface area contributed by atoms with Crippen molar-refractivity contribution in [2.24, 2.45) is 0 Å². The molecule has 1 fully saturated rings. The Hall–Kier alpha value is -2.60. The lowest BCUT2D eigenvalue weighted by atomic mass is 10.3. The molecule has 1 saturated heterocycles. The highest BCUT2D eigenvalue weighted by molar-refractivity contribution is 7.89. The fourth-order valence-electron chi connectivity index (χ4n) is 2.76. The molecule has 0 spiro atoms. The van der Waals surface area contributed by atoms with Crippen LogP contribution in [-0.2, 0) is 10.0 Å². The zero-order chi connectivity index (χ0) is 21.2. The van der Waals surface area contributed by atoms with E-state index in [9.17, 15) is 21.6 Å². The molecule has 0 saturated carbocycles. The third kappa shape index (κ3) is 5.26. The Labute approximate surface area is 165 Å². The van der Waals surface area contributed by atoms with Gasteiger partial charge in [-0.25, -0.2) is 8.42 Å². The molecule has 0 aliphatic carbocycles. The number of ether oxygens (including phenoxy) is 2. The summed E-state index contributed by atoms with van der Waals surface area (Å²) in [7, 11) is -0.257. The van der Waals surface area contributed by atoms with Gasteiger partial charge in [0.05, 0.1) is 23.8 Å². The highest BCUT2D eigenvalue weighted by Crippen LogP contribution is 2.27. The maximum absolute atomic E-state index is 12.7. The van der Waals surface area contributed by atoms with Gasteiger partial charge in [-0.2, -0.15) is 9.29 Å². The number of nitrogens with zero attached hydrogens (tertiary/aromatic N) is 4. The van der Waals surface area contributed by atoms with Crippen molar-refractivity contribution in [2.75, 3.05) is 32.1 Å². The van der Waals surface area contributed by atoms with Crippen molar-refractivity contribution in [1.82, 2.24) is 14.3 Å². The van der Waals surface area contributed by atoms with Gasteiger partial charge in [0.2, 0.25) is 15.9 Å². The number of benzene rings is 1. The van der Waals surface area contributed by atoms with Gasteiger partial charge < -0.3 is 14.4 Å². The lowest BCUT2D eigenvalue weighted by Gasteiger charge is -2.18. The second-order valence-corrected chi connectivity index (χ2v) is 8.46. The molecule has 2 heterocycles. The Morgan fingerprint density at radius 3 is 2.48 bits per heavy atom. The summed E-state index contributed by atoms with van der Waals surface area (Å²) in [5.41, 5.74) is 0. The third-order valence-corrected chi connectivity index (χ3v) is 6.03. The molecule has 0 radical (unpaired) electrons. The second-order valence-electron chi connectivity index (χ2n) is 6.52. The van der Waals surface area contributed by atoms with Crippen LogP contribution < -0.4 is 14.4 Å². The molecule has 29 heavy (non-hydrogen) atoms. The number of hydrogen-bond acceptors (Lipinski definition) is 7. The summed E-state index contributed by atoms with van der Waals surface area (Å²) >= 11 is 0. The molecule has 1 aromatic heterocycles. The SMILES string of the molecule is CN(C)c1cncc(OC2CCN(S(=O)(=O)c3ccc(OC(F)(F)F)cc3)C2)n1. The quantitative estimate of drug-likeness (QED) is 0.692. The lowest BCUT2D eigenvalue weighted by molar-refractivity contribution is -0.274. The van der Waals surface area contributed by atoms with E-state index in [1.165, 1.54) is 10.5 Å². The highest BCUT2D eigenvalue weighted by atomic mass is 32.2. The Morgan fingerprint density at radius 1 is 1.17 bits per heavy atom. The maximum atomic E-state index is 12.7. The summed E-state index contributed by atoms with van der Waals surface area (Å²) in [6.07, 6.45) is -1.78. The van der Waals surface area contributed by atoms with E-state index < -0.39 is 28.2 Å². The summed E-state index contributed by atoms with van der Waals surface area (Å²) in [5, 5.41) is 0. The Morgan fingerprint density at radius 2 is 1.86 bits per heavy atom. The van der Waals surface area contributed by atoms with Gasteiger partial charge in [-0.1, -0.05) is 0 Å². The number of halogens is 3. The molecule has 8 nitrogen and oxygen atoms in total. The molecule has 0 amide bonds. The number of hydrogen-bond donors (Lipinski definition) is 0. The van der Waals surface area contributed by atoms with Crippen LogP contribution in [-0.4, -0.2) is 62.3 Å². The predicted molar refractivity (Wildman–Crippen MR) is 97.3 cm³/mol. The molecule has 1 unspecified atom stereocenters. The van der Waals surface area contributed by atoms with Crippen molar-refractivity contribution < 1.29 is 31.1 Å². The molecular weight excluding hydrogens is 413 g/mol. The predicted octanol–water partition coefficient (Wildman–Crippen LogP) is 2.28. The first-order valence-electron chi connectivity index (χ1n) is 8.56. The van der Waals surface area contributed by atoms with Gasteiger partial charge in [-0.3, -0.25) is 4.98 Å². The van der Waals surface area contributed by atoms with Crippen LogP contribution in [0.5, 0.6) is 11.6 Å². The molecule has 0 N–H and O–H groups in total.